The molecule has 23 heavy (non-hydrogen) atoms. The van der Waals surface area contributed by atoms with Gasteiger partial charge in [-0.25, -0.2) is 9.18 Å². The van der Waals surface area contributed by atoms with Crippen LogP contribution in [0.1, 0.15) is 38.2 Å². The summed E-state index contributed by atoms with van der Waals surface area (Å²) in [5.41, 5.74) is 0.684. The molecule has 1 aliphatic rings. The maximum Gasteiger partial charge on any atom is 0.331 e. The Balaban J connectivity index is 1.73. The van der Waals surface area contributed by atoms with E-state index in [1.54, 1.807) is 12.1 Å². The van der Waals surface area contributed by atoms with Crippen molar-refractivity contribution in [3.63, 3.8) is 0 Å². The van der Waals surface area contributed by atoms with Crippen LogP contribution in [0, 0.1) is 11.7 Å². The highest BCUT2D eigenvalue weighted by atomic mass is 19.1. The number of rotatable bonds is 5. The fraction of sp³-hybridized carbons (Fsp3) is 0.444. The number of esters is 1. The van der Waals surface area contributed by atoms with E-state index in [-0.39, 0.29) is 24.4 Å². The number of halogens is 1. The third-order valence-electron chi connectivity index (χ3n) is 4.09. The molecule has 1 amide bonds. The average molecular weight is 319 g/mol. The quantitative estimate of drug-likeness (QED) is 0.670. The van der Waals surface area contributed by atoms with Crippen LogP contribution in [0.25, 0.3) is 6.08 Å². The average Bonchev–Trinajstić information content (AvgIpc) is 2.54. The van der Waals surface area contributed by atoms with Gasteiger partial charge in [0.2, 0.25) is 0 Å². The molecule has 0 bridgehead atoms. The summed E-state index contributed by atoms with van der Waals surface area (Å²) in [6, 6.07) is 5.89. The van der Waals surface area contributed by atoms with Crippen molar-refractivity contribution in [2.45, 2.75) is 38.6 Å². The van der Waals surface area contributed by atoms with Gasteiger partial charge in [-0.05, 0) is 42.5 Å². The van der Waals surface area contributed by atoms with Crippen molar-refractivity contribution < 1.29 is 18.7 Å². The lowest BCUT2D eigenvalue weighted by Crippen LogP contribution is -2.42. The summed E-state index contributed by atoms with van der Waals surface area (Å²) in [7, 11) is 0. The molecule has 2 rings (SSSR count). The van der Waals surface area contributed by atoms with E-state index < -0.39 is 5.97 Å². The van der Waals surface area contributed by atoms with Crippen molar-refractivity contribution >= 4 is 18.0 Å². The zero-order valence-corrected chi connectivity index (χ0v) is 13.3. The summed E-state index contributed by atoms with van der Waals surface area (Å²) in [5, 5.41) is 2.92. The number of ether oxygens (including phenoxy) is 1. The van der Waals surface area contributed by atoms with Crippen LogP contribution in [0.2, 0.25) is 0 Å². The lowest BCUT2D eigenvalue weighted by molar-refractivity contribution is -0.144. The molecule has 5 heteroatoms. The van der Waals surface area contributed by atoms with E-state index in [1.165, 1.54) is 30.7 Å². The number of carbonyl (C=O) groups is 2. The molecule has 1 N–H and O–H groups in total. The van der Waals surface area contributed by atoms with Crippen molar-refractivity contribution in [3.8, 4) is 0 Å². The minimum atomic E-state index is -0.596. The SMILES string of the molecule is C[C@@H]1CCCC[C@H]1NC(=O)COC(=O)/C=C/c1ccc(F)cc1. The zero-order valence-electron chi connectivity index (χ0n) is 13.3. The van der Waals surface area contributed by atoms with Gasteiger partial charge in [-0.1, -0.05) is 31.9 Å². The third kappa shape index (κ3) is 5.85. The van der Waals surface area contributed by atoms with Crippen LogP contribution in [0.4, 0.5) is 4.39 Å². The lowest BCUT2D eigenvalue weighted by atomic mass is 9.86. The standard InChI is InChI=1S/C18H22FNO3/c1-13-4-2-3-5-16(13)20-17(21)12-23-18(22)11-8-14-6-9-15(19)10-7-14/h6-11,13,16H,2-5,12H2,1H3,(H,20,21)/b11-8+/t13-,16-/m1/s1. The van der Waals surface area contributed by atoms with Gasteiger partial charge in [0, 0.05) is 12.1 Å². The van der Waals surface area contributed by atoms with Gasteiger partial charge in [-0.3, -0.25) is 4.79 Å². The van der Waals surface area contributed by atoms with E-state index in [1.807, 2.05) is 0 Å². The van der Waals surface area contributed by atoms with Crippen LogP contribution in [0.15, 0.2) is 30.3 Å². The number of carbonyl (C=O) groups excluding carboxylic acids is 2. The summed E-state index contributed by atoms with van der Waals surface area (Å²) >= 11 is 0. The van der Waals surface area contributed by atoms with Gasteiger partial charge in [-0.15, -0.1) is 0 Å². The van der Waals surface area contributed by atoms with Crippen LogP contribution in [0.3, 0.4) is 0 Å². The summed E-state index contributed by atoms with van der Waals surface area (Å²) in [6.07, 6.45) is 7.16. The zero-order chi connectivity index (χ0) is 16.7. The molecule has 124 valence electrons. The second-order valence-corrected chi connectivity index (χ2v) is 5.93. The first kappa shape index (κ1) is 17.2. The third-order valence-corrected chi connectivity index (χ3v) is 4.09. The molecule has 1 fully saturated rings. The van der Waals surface area contributed by atoms with Crippen LogP contribution >= 0.6 is 0 Å². The van der Waals surface area contributed by atoms with Crippen molar-refractivity contribution in [1.29, 1.82) is 0 Å². The predicted octanol–water partition coefficient (Wildman–Crippen LogP) is 3.08. The van der Waals surface area contributed by atoms with Crippen LogP contribution in [-0.2, 0) is 14.3 Å². The van der Waals surface area contributed by atoms with Gasteiger partial charge in [0.15, 0.2) is 6.61 Å². The van der Waals surface area contributed by atoms with Gasteiger partial charge in [0.05, 0.1) is 0 Å². The summed E-state index contributed by atoms with van der Waals surface area (Å²) in [6.45, 7) is 1.84. The van der Waals surface area contributed by atoms with E-state index in [2.05, 4.69) is 12.2 Å². The Bertz CT molecular complexity index is 568. The fourth-order valence-corrected chi connectivity index (χ4v) is 2.70. The highest BCUT2D eigenvalue weighted by Gasteiger charge is 2.22. The molecule has 0 radical (unpaired) electrons. The number of hydrogen-bond acceptors (Lipinski definition) is 3. The van der Waals surface area contributed by atoms with E-state index >= 15 is 0 Å². The largest absolute Gasteiger partial charge is 0.452 e. The monoisotopic (exact) mass is 319 g/mol. The Morgan fingerprint density at radius 1 is 1.26 bits per heavy atom. The molecule has 2 atom stereocenters. The van der Waals surface area contributed by atoms with Crippen molar-refractivity contribution in [2.24, 2.45) is 5.92 Å². The normalized spacial score (nSPS) is 21.1. The Hall–Kier alpha value is -2.17. The molecule has 0 unspecified atom stereocenters. The van der Waals surface area contributed by atoms with E-state index in [4.69, 9.17) is 4.74 Å². The second-order valence-electron chi connectivity index (χ2n) is 5.93. The minimum Gasteiger partial charge on any atom is -0.452 e. The Morgan fingerprint density at radius 2 is 1.96 bits per heavy atom. The van der Waals surface area contributed by atoms with Crippen LogP contribution < -0.4 is 5.32 Å². The first-order valence-electron chi connectivity index (χ1n) is 7.94. The molecule has 0 heterocycles. The van der Waals surface area contributed by atoms with Crippen molar-refractivity contribution in [2.75, 3.05) is 6.61 Å². The van der Waals surface area contributed by atoms with Crippen LogP contribution in [-0.4, -0.2) is 24.5 Å². The number of hydrogen-bond donors (Lipinski definition) is 1. The number of amides is 1. The van der Waals surface area contributed by atoms with Gasteiger partial charge >= 0.3 is 5.97 Å². The molecule has 0 aromatic heterocycles. The molecule has 1 aromatic rings. The minimum absolute atomic E-state index is 0.171. The molecular formula is C18H22FNO3. The molecule has 1 aliphatic carbocycles. The molecule has 1 saturated carbocycles. The molecule has 0 saturated heterocycles. The fourth-order valence-electron chi connectivity index (χ4n) is 2.70. The Labute approximate surface area is 135 Å². The van der Waals surface area contributed by atoms with Crippen LogP contribution in [0.5, 0.6) is 0 Å². The Morgan fingerprint density at radius 3 is 2.65 bits per heavy atom. The predicted molar refractivity (Wildman–Crippen MR) is 86.0 cm³/mol. The highest BCUT2D eigenvalue weighted by Crippen LogP contribution is 2.23. The van der Waals surface area contributed by atoms with Gasteiger partial charge in [0.1, 0.15) is 5.82 Å². The summed E-state index contributed by atoms with van der Waals surface area (Å²) < 4.78 is 17.7. The summed E-state index contributed by atoms with van der Waals surface area (Å²) in [4.78, 5) is 23.4. The van der Waals surface area contributed by atoms with Gasteiger partial charge in [0.25, 0.3) is 5.91 Å². The van der Waals surface area contributed by atoms with E-state index in [0.717, 1.165) is 19.3 Å². The first-order chi connectivity index (χ1) is 11.0. The Kier molecular flexibility index (Phi) is 6.32. The molecule has 4 nitrogen and oxygen atoms in total. The molecule has 1 aromatic carbocycles. The topological polar surface area (TPSA) is 55.4 Å². The lowest BCUT2D eigenvalue weighted by Gasteiger charge is -2.29. The number of nitrogens with one attached hydrogen (secondary N) is 1. The van der Waals surface area contributed by atoms with Crippen molar-refractivity contribution in [3.05, 3.63) is 41.7 Å². The van der Waals surface area contributed by atoms with Gasteiger partial charge in [-0.2, -0.15) is 0 Å². The first-order valence-corrected chi connectivity index (χ1v) is 7.94. The van der Waals surface area contributed by atoms with Crippen molar-refractivity contribution in [1.82, 2.24) is 5.32 Å². The van der Waals surface area contributed by atoms with E-state index in [9.17, 15) is 14.0 Å². The number of benzene rings is 1. The molecular weight excluding hydrogens is 297 g/mol. The highest BCUT2D eigenvalue weighted by molar-refractivity contribution is 5.89. The van der Waals surface area contributed by atoms with Gasteiger partial charge < -0.3 is 10.1 Å². The molecule has 0 aliphatic heterocycles. The molecule has 0 spiro atoms. The summed E-state index contributed by atoms with van der Waals surface area (Å²) in [5.74, 6) is -0.742. The second kappa shape index (κ2) is 8.46. The van der Waals surface area contributed by atoms with E-state index in [0.29, 0.717) is 11.5 Å². The maximum atomic E-state index is 12.8. The smallest absolute Gasteiger partial charge is 0.331 e. The maximum absolute atomic E-state index is 12.8.